The molecule has 0 amide bonds. The molecule has 0 spiro atoms. The molecule has 0 saturated carbocycles. The van der Waals surface area contributed by atoms with E-state index in [-0.39, 0.29) is 6.10 Å². The van der Waals surface area contributed by atoms with Crippen LogP contribution in [0.1, 0.15) is 12.8 Å². The van der Waals surface area contributed by atoms with Crippen LogP contribution in [0, 0.1) is 0 Å². The van der Waals surface area contributed by atoms with Crippen LogP contribution < -0.4 is 0 Å². The normalized spacial score (nSPS) is 23.0. The van der Waals surface area contributed by atoms with Crippen molar-refractivity contribution in [3.05, 3.63) is 0 Å². The van der Waals surface area contributed by atoms with E-state index in [1.54, 1.807) is 14.2 Å². The first-order chi connectivity index (χ1) is 5.86. The van der Waals surface area contributed by atoms with E-state index in [0.717, 1.165) is 19.4 Å². The maximum absolute atomic E-state index is 5.36. The summed E-state index contributed by atoms with van der Waals surface area (Å²) in [6.45, 7) is 1.39. The Morgan fingerprint density at radius 1 is 1.42 bits per heavy atom. The first-order valence-corrected chi connectivity index (χ1v) is 4.15. The highest BCUT2D eigenvalue weighted by molar-refractivity contribution is 6.36. The molecule has 12 heavy (non-hydrogen) atoms. The molecule has 4 nitrogen and oxygen atoms in total. The van der Waals surface area contributed by atoms with Gasteiger partial charge in [-0.25, -0.2) is 0 Å². The van der Waals surface area contributed by atoms with Gasteiger partial charge in [0.1, 0.15) is 0 Å². The minimum Gasteiger partial charge on any atom is -0.389 e. The predicted molar refractivity (Wildman–Crippen MR) is 44.7 cm³/mol. The second-order valence-corrected chi connectivity index (χ2v) is 2.73. The van der Waals surface area contributed by atoms with Crippen LogP contribution in [0.4, 0.5) is 0 Å². The first kappa shape index (κ1) is 9.99. The van der Waals surface area contributed by atoms with E-state index >= 15 is 0 Å². The van der Waals surface area contributed by atoms with Crippen molar-refractivity contribution in [3.63, 3.8) is 0 Å². The molecule has 0 aromatic carbocycles. The van der Waals surface area contributed by atoms with Gasteiger partial charge in [-0.05, 0) is 12.8 Å². The summed E-state index contributed by atoms with van der Waals surface area (Å²) in [5, 5.41) is 0. The highest BCUT2D eigenvalue weighted by Crippen LogP contribution is 2.12. The lowest BCUT2D eigenvalue weighted by molar-refractivity contribution is 0.0396. The highest BCUT2D eigenvalue weighted by atomic mass is 16.7. The molecule has 70 valence electrons. The second kappa shape index (κ2) is 5.53. The molecule has 0 bridgehead atoms. The Bertz CT molecular complexity index is 110. The van der Waals surface area contributed by atoms with Crippen molar-refractivity contribution in [1.82, 2.24) is 0 Å². The van der Waals surface area contributed by atoms with Crippen molar-refractivity contribution >= 4 is 7.32 Å². The Hall–Kier alpha value is -0.0951. The third-order valence-corrected chi connectivity index (χ3v) is 1.83. The van der Waals surface area contributed by atoms with Crippen LogP contribution in [0.15, 0.2) is 0 Å². The van der Waals surface area contributed by atoms with E-state index in [9.17, 15) is 0 Å². The third kappa shape index (κ3) is 3.10. The fourth-order valence-corrected chi connectivity index (χ4v) is 1.19. The summed E-state index contributed by atoms with van der Waals surface area (Å²) in [6, 6.07) is 0. The van der Waals surface area contributed by atoms with Gasteiger partial charge in [-0.15, -0.1) is 0 Å². The van der Waals surface area contributed by atoms with Crippen LogP contribution in [-0.4, -0.2) is 40.9 Å². The maximum Gasteiger partial charge on any atom is 0.639 e. The van der Waals surface area contributed by atoms with Crippen LogP contribution in [0.5, 0.6) is 0 Å². The average molecular weight is 174 g/mol. The molecular weight excluding hydrogens is 159 g/mol. The van der Waals surface area contributed by atoms with Gasteiger partial charge in [-0.3, -0.25) is 0 Å². The molecule has 1 aliphatic rings. The molecule has 1 unspecified atom stereocenters. The minimum absolute atomic E-state index is 0.220. The quantitative estimate of drug-likeness (QED) is 0.567. The molecule has 0 radical (unpaired) electrons. The molecule has 1 heterocycles. The number of hydrogen-bond donors (Lipinski definition) is 0. The third-order valence-electron chi connectivity index (χ3n) is 1.83. The Morgan fingerprint density at radius 3 is 2.67 bits per heavy atom. The van der Waals surface area contributed by atoms with Crippen molar-refractivity contribution in [3.8, 4) is 0 Å². The van der Waals surface area contributed by atoms with Gasteiger partial charge in [0.05, 0.1) is 12.7 Å². The van der Waals surface area contributed by atoms with E-state index in [4.69, 9.17) is 18.7 Å². The molecule has 1 aliphatic heterocycles. The van der Waals surface area contributed by atoms with E-state index in [2.05, 4.69) is 0 Å². The summed E-state index contributed by atoms with van der Waals surface area (Å²) in [6.07, 6.45) is 2.41. The molecule has 1 rings (SSSR count). The lowest BCUT2D eigenvalue weighted by Gasteiger charge is -2.12. The molecular formula is C7H15BO4. The molecule has 0 aromatic rings. The molecule has 0 aromatic heterocycles. The van der Waals surface area contributed by atoms with Gasteiger partial charge in [0.25, 0.3) is 0 Å². The molecule has 5 heteroatoms. The SMILES string of the molecule is COB(OC)OCC1CCCO1. The van der Waals surface area contributed by atoms with Crippen molar-refractivity contribution in [1.29, 1.82) is 0 Å². The minimum atomic E-state index is -0.561. The van der Waals surface area contributed by atoms with Crippen LogP contribution in [0.3, 0.4) is 0 Å². The summed E-state index contributed by atoms with van der Waals surface area (Å²) in [7, 11) is 2.53. The lowest BCUT2D eigenvalue weighted by Crippen LogP contribution is -2.28. The van der Waals surface area contributed by atoms with Gasteiger partial charge >= 0.3 is 7.32 Å². The van der Waals surface area contributed by atoms with Crippen molar-refractivity contribution < 1.29 is 18.7 Å². The maximum atomic E-state index is 5.36. The Morgan fingerprint density at radius 2 is 2.17 bits per heavy atom. The van der Waals surface area contributed by atoms with Gasteiger partial charge in [0, 0.05) is 20.8 Å². The van der Waals surface area contributed by atoms with Gasteiger partial charge in [-0.1, -0.05) is 0 Å². The van der Waals surface area contributed by atoms with Gasteiger partial charge in [0.2, 0.25) is 0 Å². The summed E-state index contributed by atoms with van der Waals surface area (Å²) in [5.74, 6) is 0. The molecule has 0 N–H and O–H groups in total. The summed E-state index contributed by atoms with van der Waals surface area (Å²) >= 11 is 0. The van der Waals surface area contributed by atoms with Crippen LogP contribution in [-0.2, 0) is 18.7 Å². The first-order valence-electron chi connectivity index (χ1n) is 4.15. The highest BCUT2D eigenvalue weighted by Gasteiger charge is 2.22. The van der Waals surface area contributed by atoms with E-state index in [1.165, 1.54) is 0 Å². The summed E-state index contributed by atoms with van der Waals surface area (Å²) in [5.41, 5.74) is 0. The molecule has 0 aliphatic carbocycles. The van der Waals surface area contributed by atoms with Crippen molar-refractivity contribution in [2.24, 2.45) is 0 Å². The van der Waals surface area contributed by atoms with Gasteiger partial charge in [0.15, 0.2) is 0 Å². The molecule has 1 fully saturated rings. The van der Waals surface area contributed by atoms with E-state index in [0.29, 0.717) is 6.61 Å². The monoisotopic (exact) mass is 174 g/mol. The second-order valence-electron chi connectivity index (χ2n) is 2.73. The van der Waals surface area contributed by atoms with E-state index < -0.39 is 7.32 Å². The number of rotatable bonds is 5. The Labute approximate surface area is 73.3 Å². The molecule has 1 saturated heterocycles. The van der Waals surface area contributed by atoms with Crippen LogP contribution in [0.2, 0.25) is 0 Å². The zero-order valence-corrected chi connectivity index (χ0v) is 7.62. The van der Waals surface area contributed by atoms with Crippen molar-refractivity contribution in [2.75, 3.05) is 27.4 Å². The fourth-order valence-electron chi connectivity index (χ4n) is 1.19. The number of hydrogen-bond acceptors (Lipinski definition) is 4. The lowest BCUT2D eigenvalue weighted by atomic mass is 10.2. The smallest absolute Gasteiger partial charge is 0.389 e. The van der Waals surface area contributed by atoms with Gasteiger partial charge < -0.3 is 18.7 Å². The van der Waals surface area contributed by atoms with Crippen LogP contribution in [0.25, 0.3) is 0 Å². The largest absolute Gasteiger partial charge is 0.639 e. The average Bonchev–Trinajstić information content (AvgIpc) is 2.59. The number of ether oxygens (including phenoxy) is 1. The Kier molecular flexibility index (Phi) is 4.61. The predicted octanol–water partition coefficient (Wildman–Crippen LogP) is 0.460. The summed E-state index contributed by atoms with van der Waals surface area (Å²) in [4.78, 5) is 0. The zero-order chi connectivity index (χ0) is 8.81. The fraction of sp³-hybridized carbons (Fsp3) is 1.00. The molecule has 1 atom stereocenters. The topological polar surface area (TPSA) is 36.9 Å². The zero-order valence-electron chi connectivity index (χ0n) is 7.62. The standard InChI is InChI=1S/C7H15BO4/c1-9-8(10-2)12-6-7-4-3-5-11-7/h7H,3-6H2,1-2H3. The van der Waals surface area contributed by atoms with Crippen molar-refractivity contribution in [2.45, 2.75) is 18.9 Å². The van der Waals surface area contributed by atoms with Gasteiger partial charge in [-0.2, -0.15) is 0 Å². The van der Waals surface area contributed by atoms with Crippen LogP contribution >= 0.6 is 0 Å². The van der Waals surface area contributed by atoms with E-state index in [1.807, 2.05) is 0 Å². The summed E-state index contributed by atoms with van der Waals surface area (Å²) < 4.78 is 20.3. The Balaban J connectivity index is 2.06.